The van der Waals surface area contributed by atoms with Crippen molar-refractivity contribution < 1.29 is 9.53 Å². The van der Waals surface area contributed by atoms with Gasteiger partial charge in [-0.15, -0.1) is 0 Å². The Hall–Kier alpha value is -1.26. The van der Waals surface area contributed by atoms with Gasteiger partial charge in [0.15, 0.2) is 0 Å². The number of ether oxygens (including phenoxy) is 1. The molecule has 100 valence electrons. The van der Waals surface area contributed by atoms with Crippen molar-refractivity contribution in [2.45, 2.75) is 32.2 Å². The Labute approximate surface area is 112 Å². The van der Waals surface area contributed by atoms with Crippen LogP contribution in [0.3, 0.4) is 0 Å². The van der Waals surface area contributed by atoms with Crippen molar-refractivity contribution >= 4 is 23.2 Å². The number of carbonyl (C=O) groups is 1. The Morgan fingerprint density at radius 3 is 2.83 bits per heavy atom. The summed E-state index contributed by atoms with van der Waals surface area (Å²) in [5, 5.41) is 3.19. The number of rotatable bonds is 6. The monoisotopic (exact) mass is 270 g/mol. The highest BCUT2D eigenvalue weighted by Gasteiger charge is 2.13. The zero-order chi connectivity index (χ0) is 13.5. The zero-order valence-corrected chi connectivity index (χ0v) is 11.5. The first kappa shape index (κ1) is 14.8. The zero-order valence-electron chi connectivity index (χ0n) is 10.7. The van der Waals surface area contributed by atoms with Gasteiger partial charge in [-0.3, -0.25) is 4.79 Å². The van der Waals surface area contributed by atoms with E-state index in [2.05, 4.69) is 12.2 Å². The predicted molar refractivity (Wildman–Crippen MR) is 74.1 cm³/mol. The maximum absolute atomic E-state index is 11.8. The van der Waals surface area contributed by atoms with Gasteiger partial charge in [-0.05, 0) is 24.6 Å². The second-order valence-corrected chi connectivity index (χ2v) is 4.49. The second-order valence-electron chi connectivity index (χ2n) is 4.09. The Morgan fingerprint density at radius 1 is 1.56 bits per heavy atom. The number of methoxy groups -OCH3 is 1. The molecule has 0 aliphatic carbocycles. The number of anilines is 1. The van der Waals surface area contributed by atoms with Crippen molar-refractivity contribution in [1.29, 1.82) is 0 Å². The van der Waals surface area contributed by atoms with Gasteiger partial charge < -0.3 is 15.8 Å². The fourth-order valence-electron chi connectivity index (χ4n) is 1.53. The molecular weight excluding hydrogens is 252 g/mol. The molecule has 0 bridgehead atoms. The minimum Gasteiger partial charge on any atom is -0.495 e. The van der Waals surface area contributed by atoms with Gasteiger partial charge in [-0.2, -0.15) is 0 Å². The van der Waals surface area contributed by atoms with Crippen LogP contribution in [0.2, 0.25) is 5.02 Å². The predicted octanol–water partition coefficient (Wildman–Crippen LogP) is 2.80. The van der Waals surface area contributed by atoms with Gasteiger partial charge in [-0.25, -0.2) is 0 Å². The van der Waals surface area contributed by atoms with E-state index < -0.39 is 6.04 Å². The first-order valence-corrected chi connectivity index (χ1v) is 6.36. The number of nitrogens with two attached hydrogens (primary N) is 1. The largest absolute Gasteiger partial charge is 0.495 e. The van der Waals surface area contributed by atoms with Gasteiger partial charge >= 0.3 is 0 Å². The molecule has 0 fully saturated rings. The van der Waals surface area contributed by atoms with Crippen molar-refractivity contribution in [2.24, 2.45) is 5.73 Å². The molecule has 1 atom stereocenters. The lowest BCUT2D eigenvalue weighted by Gasteiger charge is -2.12. The van der Waals surface area contributed by atoms with E-state index in [1.807, 2.05) is 0 Å². The fourth-order valence-corrected chi connectivity index (χ4v) is 1.79. The van der Waals surface area contributed by atoms with Crippen LogP contribution < -0.4 is 15.8 Å². The van der Waals surface area contributed by atoms with Crippen LogP contribution in [0.25, 0.3) is 0 Å². The van der Waals surface area contributed by atoms with Gasteiger partial charge in [-0.1, -0.05) is 31.4 Å². The molecule has 1 aromatic rings. The molecule has 0 spiro atoms. The van der Waals surface area contributed by atoms with Crippen molar-refractivity contribution in [3.63, 3.8) is 0 Å². The van der Waals surface area contributed by atoms with Crippen LogP contribution in [0.1, 0.15) is 26.2 Å². The molecule has 0 heterocycles. The van der Waals surface area contributed by atoms with E-state index in [0.717, 1.165) is 12.8 Å². The number of hydrogen-bond acceptors (Lipinski definition) is 3. The molecule has 1 amide bonds. The number of carbonyl (C=O) groups excluding carboxylic acids is 1. The van der Waals surface area contributed by atoms with Gasteiger partial charge in [0.25, 0.3) is 0 Å². The van der Waals surface area contributed by atoms with E-state index in [1.165, 1.54) is 0 Å². The third-order valence-electron chi connectivity index (χ3n) is 2.62. The normalized spacial score (nSPS) is 12.0. The summed E-state index contributed by atoms with van der Waals surface area (Å²) in [5.74, 6) is 0.384. The first-order valence-electron chi connectivity index (χ1n) is 5.98. The lowest BCUT2D eigenvalue weighted by atomic mass is 10.1. The number of nitrogens with one attached hydrogen (secondary N) is 1. The lowest BCUT2D eigenvalue weighted by molar-refractivity contribution is -0.117. The summed E-state index contributed by atoms with van der Waals surface area (Å²) in [6.07, 6.45) is 2.65. The Kier molecular flexibility index (Phi) is 5.95. The average Bonchev–Trinajstić information content (AvgIpc) is 2.36. The van der Waals surface area contributed by atoms with Crippen molar-refractivity contribution in [3.05, 3.63) is 23.2 Å². The van der Waals surface area contributed by atoms with E-state index >= 15 is 0 Å². The highest BCUT2D eigenvalue weighted by Crippen LogP contribution is 2.27. The molecule has 0 aliphatic heterocycles. The molecule has 18 heavy (non-hydrogen) atoms. The van der Waals surface area contributed by atoms with Crippen LogP contribution in [0.5, 0.6) is 5.75 Å². The van der Waals surface area contributed by atoms with Crippen LogP contribution in [-0.4, -0.2) is 19.1 Å². The summed E-state index contributed by atoms with van der Waals surface area (Å²) in [6, 6.07) is 4.60. The minimum atomic E-state index is -0.481. The van der Waals surface area contributed by atoms with Crippen LogP contribution in [0.4, 0.5) is 5.69 Å². The SMILES string of the molecule is CCCCC(N)C(=O)Nc1ccc(OC)c(Cl)c1. The summed E-state index contributed by atoms with van der Waals surface area (Å²) in [4.78, 5) is 11.8. The Morgan fingerprint density at radius 2 is 2.28 bits per heavy atom. The Balaban J connectivity index is 2.61. The molecule has 0 aliphatic rings. The number of amides is 1. The van der Waals surface area contributed by atoms with E-state index in [0.29, 0.717) is 22.9 Å². The summed E-state index contributed by atoms with van der Waals surface area (Å²) < 4.78 is 5.04. The molecular formula is C13H19ClN2O2. The quantitative estimate of drug-likeness (QED) is 0.835. The lowest BCUT2D eigenvalue weighted by Crippen LogP contribution is -2.35. The number of unbranched alkanes of at least 4 members (excludes halogenated alkanes) is 1. The fraction of sp³-hybridized carbons (Fsp3) is 0.462. The third-order valence-corrected chi connectivity index (χ3v) is 2.92. The van der Waals surface area contributed by atoms with Crippen molar-refractivity contribution in [1.82, 2.24) is 0 Å². The maximum atomic E-state index is 11.8. The molecule has 1 aromatic carbocycles. The summed E-state index contributed by atoms with van der Waals surface area (Å²) in [7, 11) is 1.54. The van der Waals surface area contributed by atoms with E-state index in [-0.39, 0.29) is 5.91 Å². The molecule has 4 nitrogen and oxygen atoms in total. The molecule has 1 rings (SSSR count). The van der Waals surface area contributed by atoms with Gasteiger partial charge in [0.2, 0.25) is 5.91 Å². The number of hydrogen-bond donors (Lipinski definition) is 2. The summed E-state index contributed by atoms with van der Waals surface area (Å²) in [5.41, 5.74) is 6.40. The van der Waals surface area contributed by atoms with Crippen LogP contribution >= 0.6 is 11.6 Å². The summed E-state index contributed by atoms with van der Waals surface area (Å²) >= 11 is 5.97. The minimum absolute atomic E-state index is 0.190. The second kappa shape index (κ2) is 7.24. The summed E-state index contributed by atoms with van der Waals surface area (Å²) in [6.45, 7) is 2.06. The Bertz CT molecular complexity index is 410. The number of benzene rings is 1. The standard InChI is InChI=1S/C13H19ClN2O2/c1-3-4-5-11(15)13(17)16-9-6-7-12(18-2)10(14)8-9/h6-8,11H,3-5,15H2,1-2H3,(H,16,17). The van der Waals surface area contributed by atoms with Crippen LogP contribution in [-0.2, 0) is 4.79 Å². The third kappa shape index (κ3) is 4.20. The van der Waals surface area contributed by atoms with Gasteiger partial charge in [0.1, 0.15) is 5.75 Å². The van der Waals surface area contributed by atoms with Crippen molar-refractivity contribution in [3.8, 4) is 5.75 Å². The van der Waals surface area contributed by atoms with E-state index in [4.69, 9.17) is 22.1 Å². The molecule has 0 aromatic heterocycles. The van der Waals surface area contributed by atoms with Gasteiger partial charge in [0, 0.05) is 5.69 Å². The van der Waals surface area contributed by atoms with Crippen LogP contribution in [0.15, 0.2) is 18.2 Å². The highest BCUT2D eigenvalue weighted by molar-refractivity contribution is 6.32. The van der Waals surface area contributed by atoms with Crippen LogP contribution in [0, 0.1) is 0 Å². The van der Waals surface area contributed by atoms with E-state index in [1.54, 1.807) is 25.3 Å². The van der Waals surface area contributed by atoms with Crippen molar-refractivity contribution in [2.75, 3.05) is 12.4 Å². The highest BCUT2D eigenvalue weighted by atomic mass is 35.5. The molecule has 1 unspecified atom stereocenters. The van der Waals surface area contributed by atoms with E-state index in [9.17, 15) is 4.79 Å². The molecule has 0 saturated carbocycles. The first-order chi connectivity index (χ1) is 8.58. The number of halogens is 1. The molecule has 0 saturated heterocycles. The van der Waals surface area contributed by atoms with Gasteiger partial charge in [0.05, 0.1) is 18.2 Å². The molecule has 3 N–H and O–H groups in total. The maximum Gasteiger partial charge on any atom is 0.241 e. The topological polar surface area (TPSA) is 64.4 Å². The average molecular weight is 271 g/mol. The molecule has 0 radical (unpaired) electrons. The molecule has 5 heteroatoms. The smallest absolute Gasteiger partial charge is 0.241 e.